The van der Waals surface area contributed by atoms with Gasteiger partial charge in [-0.05, 0) is 37.0 Å². The van der Waals surface area contributed by atoms with Crippen LogP contribution in [0.2, 0.25) is 0 Å². The maximum absolute atomic E-state index is 13.4. The topological polar surface area (TPSA) is 15.3 Å². The average molecular weight is 296 g/mol. The van der Waals surface area contributed by atoms with Crippen LogP contribution in [-0.2, 0) is 6.54 Å². The van der Waals surface area contributed by atoms with E-state index in [1.165, 1.54) is 12.1 Å². The highest BCUT2D eigenvalue weighted by molar-refractivity contribution is 5.18. The van der Waals surface area contributed by atoms with Gasteiger partial charge in [-0.15, -0.1) is 0 Å². The van der Waals surface area contributed by atoms with Crippen molar-refractivity contribution in [3.63, 3.8) is 0 Å². The lowest BCUT2D eigenvalue weighted by Gasteiger charge is -2.49. The molecule has 1 aromatic carbocycles. The van der Waals surface area contributed by atoms with Crippen molar-refractivity contribution in [1.29, 1.82) is 0 Å². The number of halogens is 2. The first-order valence-electron chi connectivity index (χ1n) is 7.51. The minimum atomic E-state index is -0.509. The van der Waals surface area contributed by atoms with E-state index in [9.17, 15) is 8.78 Å². The summed E-state index contributed by atoms with van der Waals surface area (Å²) in [5, 5.41) is 3.60. The Balaban J connectivity index is 2.18. The lowest BCUT2D eigenvalue weighted by atomic mass is 9.82. The van der Waals surface area contributed by atoms with Gasteiger partial charge in [0, 0.05) is 37.3 Å². The zero-order valence-electron chi connectivity index (χ0n) is 13.6. The molecule has 4 heteroatoms. The Kier molecular flexibility index (Phi) is 4.41. The van der Waals surface area contributed by atoms with Gasteiger partial charge in [-0.3, -0.25) is 4.90 Å². The van der Waals surface area contributed by atoms with Crippen LogP contribution in [0.15, 0.2) is 18.2 Å². The van der Waals surface area contributed by atoms with Gasteiger partial charge in [0.15, 0.2) is 0 Å². The lowest BCUT2D eigenvalue weighted by Crippen LogP contribution is -2.64. The number of piperazine rings is 1. The normalized spacial score (nSPS) is 23.3. The molecule has 1 N–H and O–H groups in total. The summed E-state index contributed by atoms with van der Waals surface area (Å²) in [5.74, 6) is -1.02. The Labute approximate surface area is 126 Å². The summed E-state index contributed by atoms with van der Waals surface area (Å²) in [6.07, 6.45) is 0. The molecule has 1 aliphatic heterocycles. The van der Waals surface area contributed by atoms with Crippen LogP contribution in [0.4, 0.5) is 8.78 Å². The first-order chi connectivity index (χ1) is 9.58. The molecule has 2 nitrogen and oxygen atoms in total. The number of rotatable bonds is 2. The molecule has 0 aliphatic carbocycles. The van der Waals surface area contributed by atoms with Gasteiger partial charge >= 0.3 is 0 Å². The first-order valence-corrected chi connectivity index (χ1v) is 7.51. The van der Waals surface area contributed by atoms with E-state index in [4.69, 9.17) is 0 Å². The van der Waals surface area contributed by atoms with Gasteiger partial charge in [-0.25, -0.2) is 8.78 Å². The molecule has 0 saturated carbocycles. The van der Waals surface area contributed by atoms with E-state index in [2.05, 4.69) is 44.8 Å². The van der Waals surface area contributed by atoms with Gasteiger partial charge in [0.2, 0.25) is 0 Å². The van der Waals surface area contributed by atoms with Crippen LogP contribution >= 0.6 is 0 Å². The Morgan fingerprint density at radius 3 is 2.29 bits per heavy atom. The van der Waals surface area contributed by atoms with Gasteiger partial charge in [-0.2, -0.15) is 0 Å². The summed E-state index contributed by atoms with van der Waals surface area (Å²) in [5.41, 5.74) is 0.807. The number of nitrogens with zero attached hydrogens (tertiary/aromatic N) is 1. The smallest absolute Gasteiger partial charge is 0.126 e. The summed E-state index contributed by atoms with van der Waals surface area (Å²) in [6, 6.07) is 4.13. The Morgan fingerprint density at radius 2 is 1.76 bits per heavy atom. The molecule has 2 rings (SSSR count). The second kappa shape index (κ2) is 5.65. The number of benzene rings is 1. The van der Waals surface area contributed by atoms with Gasteiger partial charge in [0.1, 0.15) is 11.6 Å². The van der Waals surface area contributed by atoms with E-state index < -0.39 is 11.6 Å². The third-order valence-corrected chi connectivity index (χ3v) is 4.38. The summed E-state index contributed by atoms with van der Waals surface area (Å²) in [7, 11) is 0. The van der Waals surface area contributed by atoms with Crippen LogP contribution in [0.3, 0.4) is 0 Å². The monoisotopic (exact) mass is 296 g/mol. The van der Waals surface area contributed by atoms with E-state index in [0.717, 1.165) is 19.2 Å². The van der Waals surface area contributed by atoms with Gasteiger partial charge < -0.3 is 5.32 Å². The molecule has 1 aliphatic rings. The molecular weight excluding hydrogens is 270 g/mol. The van der Waals surface area contributed by atoms with Crippen LogP contribution < -0.4 is 5.32 Å². The van der Waals surface area contributed by atoms with Crippen molar-refractivity contribution < 1.29 is 8.78 Å². The van der Waals surface area contributed by atoms with Crippen LogP contribution in [0.5, 0.6) is 0 Å². The summed E-state index contributed by atoms with van der Waals surface area (Å²) in [4.78, 5) is 2.31. The molecule has 0 amide bonds. The second-order valence-corrected chi connectivity index (χ2v) is 7.77. The summed E-state index contributed by atoms with van der Waals surface area (Å²) < 4.78 is 26.7. The van der Waals surface area contributed by atoms with E-state index in [1.54, 1.807) is 0 Å². The third-order valence-electron chi connectivity index (χ3n) is 4.38. The number of hydrogen-bond donors (Lipinski definition) is 1. The highest BCUT2D eigenvalue weighted by atomic mass is 19.1. The third kappa shape index (κ3) is 4.01. The van der Waals surface area contributed by atoms with E-state index >= 15 is 0 Å². The Hall–Kier alpha value is -1.00. The average Bonchev–Trinajstić information content (AvgIpc) is 2.28. The molecule has 0 spiro atoms. The predicted molar refractivity (Wildman–Crippen MR) is 82.1 cm³/mol. The van der Waals surface area contributed by atoms with Gasteiger partial charge in [0.05, 0.1) is 0 Å². The second-order valence-electron chi connectivity index (χ2n) is 7.77. The maximum Gasteiger partial charge on any atom is 0.126 e. The molecule has 0 radical (unpaired) electrons. The fraction of sp³-hybridized carbons (Fsp3) is 0.647. The highest BCUT2D eigenvalue weighted by Gasteiger charge is 2.38. The highest BCUT2D eigenvalue weighted by Crippen LogP contribution is 2.29. The zero-order chi connectivity index (χ0) is 15.8. The standard InChI is InChI=1S/C17H26F2N2/c1-16(2,3)15-10-21(17(4,5)11-20-15)9-12-6-13(18)8-14(19)7-12/h6-8,15,20H,9-11H2,1-5H3. The van der Waals surface area contributed by atoms with Crippen LogP contribution in [0.25, 0.3) is 0 Å². The fourth-order valence-electron chi connectivity index (χ4n) is 2.80. The van der Waals surface area contributed by atoms with E-state index in [1.807, 2.05) is 0 Å². The molecule has 0 bridgehead atoms. The molecule has 1 fully saturated rings. The zero-order valence-corrected chi connectivity index (χ0v) is 13.6. The van der Waals surface area contributed by atoms with Crippen LogP contribution in [0.1, 0.15) is 40.2 Å². The lowest BCUT2D eigenvalue weighted by molar-refractivity contribution is 0.0294. The summed E-state index contributed by atoms with van der Waals surface area (Å²) >= 11 is 0. The van der Waals surface area contributed by atoms with Crippen molar-refractivity contribution in [1.82, 2.24) is 10.2 Å². The van der Waals surface area contributed by atoms with Crippen molar-refractivity contribution in [3.05, 3.63) is 35.4 Å². The quantitative estimate of drug-likeness (QED) is 0.897. The van der Waals surface area contributed by atoms with E-state index in [-0.39, 0.29) is 11.0 Å². The van der Waals surface area contributed by atoms with Crippen molar-refractivity contribution in [2.75, 3.05) is 13.1 Å². The fourth-order valence-corrected chi connectivity index (χ4v) is 2.80. The Bertz CT molecular complexity index is 486. The molecule has 118 valence electrons. The molecule has 1 heterocycles. The minimum absolute atomic E-state index is 0.0372. The minimum Gasteiger partial charge on any atom is -0.310 e. The predicted octanol–water partition coefficient (Wildman–Crippen LogP) is 3.56. The van der Waals surface area contributed by atoms with E-state index in [0.29, 0.717) is 18.2 Å². The largest absolute Gasteiger partial charge is 0.310 e. The van der Waals surface area contributed by atoms with Crippen molar-refractivity contribution in [3.8, 4) is 0 Å². The van der Waals surface area contributed by atoms with Gasteiger partial charge in [0.25, 0.3) is 0 Å². The van der Waals surface area contributed by atoms with Crippen LogP contribution in [-0.4, -0.2) is 29.6 Å². The number of nitrogens with one attached hydrogen (secondary N) is 1. The molecule has 21 heavy (non-hydrogen) atoms. The molecule has 1 aromatic rings. The van der Waals surface area contributed by atoms with Crippen molar-refractivity contribution >= 4 is 0 Å². The van der Waals surface area contributed by atoms with Crippen LogP contribution in [0, 0.1) is 17.0 Å². The van der Waals surface area contributed by atoms with Gasteiger partial charge in [-0.1, -0.05) is 20.8 Å². The molecule has 1 saturated heterocycles. The first kappa shape index (κ1) is 16.4. The molecule has 0 aromatic heterocycles. The molecule has 1 atom stereocenters. The van der Waals surface area contributed by atoms with Crippen molar-refractivity contribution in [2.45, 2.75) is 52.7 Å². The molecular formula is C17H26F2N2. The Morgan fingerprint density at radius 1 is 1.19 bits per heavy atom. The number of hydrogen-bond acceptors (Lipinski definition) is 2. The van der Waals surface area contributed by atoms with Crippen molar-refractivity contribution in [2.24, 2.45) is 5.41 Å². The molecule has 1 unspecified atom stereocenters. The summed E-state index contributed by atoms with van der Waals surface area (Å²) in [6.45, 7) is 13.3. The maximum atomic E-state index is 13.4. The SMILES string of the molecule is CC(C)(C)C1CN(Cc2cc(F)cc(F)c2)C(C)(C)CN1.